The molecule has 0 saturated carbocycles. The van der Waals surface area contributed by atoms with Crippen LogP contribution >= 0.6 is 15.9 Å². The zero-order chi connectivity index (χ0) is 12.4. The maximum Gasteiger partial charge on any atom is 0.148 e. The van der Waals surface area contributed by atoms with Crippen molar-refractivity contribution in [3.05, 3.63) is 59.0 Å². The van der Waals surface area contributed by atoms with Crippen molar-refractivity contribution in [2.75, 3.05) is 0 Å². The molecule has 3 rings (SSSR count). The van der Waals surface area contributed by atoms with Gasteiger partial charge in [-0.2, -0.15) is 0 Å². The van der Waals surface area contributed by atoms with Crippen molar-refractivity contribution in [2.24, 2.45) is 0 Å². The minimum Gasteiger partial charge on any atom is -0.487 e. The molecule has 0 spiro atoms. The van der Waals surface area contributed by atoms with E-state index in [0.29, 0.717) is 6.61 Å². The summed E-state index contributed by atoms with van der Waals surface area (Å²) in [6.45, 7) is 0.467. The highest BCUT2D eigenvalue weighted by atomic mass is 79.9. The van der Waals surface area contributed by atoms with Gasteiger partial charge in [0.15, 0.2) is 0 Å². The molecular formula is C14H10BrNO2. The van der Waals surface area contributed by atoms with Crippen molar-refractivity contribution in [3.8, 4) is 5.75 Å². The first-order valence-corrected chi connectivity index (χ1v) is 6.31. The molecule has 0 radical (unpaired) electrons. The number of fused-ring (bicyclic) bond motifs is 1. The molecule has 0 N–H and O–H groups in total. The first-order chi connectivity index (χ1) is 8.84. The van der Waals surface area contributed by atoms with Crippen LogP contribution in [0.3, 0.4) is 0 Å². The Hall–Kier alpha value is -1.81. The molecule has 4 heteroatoms. The number of aromatic nitrogens is 1. The highest BCUT2D eigenvalue weighted by Gasteiger charge is 2.08. The lowest BCUT2D eigenvalue weighted by atomic mass is 10.2. The molecular weight excluding hydrogens is 294 g/mol. The van der Waals surface area contributed by atoms with E-state index in [1.165, 1.54) is 0 Å². The van der Waals surface area contributed by atoms with E-state index < -0.39 is 0 Å². The smallest absolute Gasteiger partial charge is 0.148 e. The van der Waals surface area contributed by atoms with Crippen LogP contribution in [-0.2, 0) is 6.61 Å². The van der Waals surface area contributed by atoms with Crippen LogP contribution in [0.5, 0.6) is 5.75 Å². The molecule has 3 aromatic rings. The summed E-state index contributed by atoms with van der Waals surface area (Å²) in [5.74, 6) is 0.752. The number of pyridine rings is 1. The van der Waals surface area contributed by atoms with Crippen LogP contribution < -0.4 is 4.74 Å². The normalized spacial score (nSPS) is 10.7. The van der Waals surface area contributed by atoms with E-state index in [2.05, 4.69) is 20.9 Å². The van der Waals surface area contributed by atoms with E-state index >= 15 is 0 Å². The van der Waals surface area contributed by atoms with Crippen molar-refractivity contribution < 1.29 is 9.15 Å². The summed E-state index contributed by atoms with van der Waals surface area (Å²) >= 11 is 3.46. The van der Waals surface area contributed by atoms with E-state index in [0.717, 1.165) is 26.8 Å². The number of ether oxygens (including phenoxy) is 1. The fourth-order valence-electron chi connectivity index (χ4n) is 1.78. The summed E-state index contributed by atoms with van der Waals surface area (Å²) in [5, 5.41) is 1.06. The number of nitrogens with zero attached hydrogens (tertiary/aromatic N) is 1. The van der Waals surface area contributed by atoms with Crippen LogP contribution in [0.15, 0.2) is 57.9 Å². The predicted octanol–water partition coefficient (Wildman–Crippen LogP) is 4.17. The summed E-state index contributed by atoms with van der Waals surface area (Å²) < 4.78 is 12.1. The first-order valence-electron chi connectivity index (χ1n) is 5.52. The van der Waals surface area contributed by atoms with Gasteiger partial charge in [0.1, 0.15) is 17.9 Å². The molecule has 0 aliphatic rings. The molecule has 0 aliphatic heterocycles. The Morgan fingerprint density at radius 3 is 3.00 bits per heavy atom. The van der Waals surface area contributed by atoms with Crippen LogP contribution in [0.2, 0.25) is 0 Å². The second-order valence-corrected chi connectivity index (χ2v) is 4.71. The summed E-state index contributed by atoms with van der Waals surface area (Å²) in [4.78, 5) is 4.01. The van der Waals surface area contributed by atoms with Gasteiger partial charge in [-0.25, -0.2) is 0 Å². The van der Waals surface area contributed by atoms with Gasteiger partial charge in [-0.05, 0) is 34.1 Å². The van der Waals surface area contributed by atoms with Crippen molar-refractivity contribution in [1.29, 1.82) is 0 Å². The monoisotopic (exact) mass is 303 g/mol. The summed E-state index contributed by atoms with van der Waals surface area (Å²) in [6, 6.07) is 9.68. The fraction of sp³-hybridized carbons (Fsp3) is 0.0714. The molecule has 1 aromatic carbocycles. The third kappa shape index (κ3) is 2.11. The maximum absolute atomic E-state index is 5.66. The molecule has 0 unspecified atom stereocenters. The Balaban J connectivity index is 1.85. The molecule has 0 atom stereocenters. The van der Waals surface area contributed by atoms with Gasteiger partial charge in [0.05, 0.1) is 16.9 Å². The van der Waals surface area contributed by atoms with E-state index in [4.69, 9.17) is 9.15 Å². The van der Waals surface area contributed by atoms with Gasteiger partial charge in [-0.15, -0.1) is 0 Å². The second kappa shape index (κ2) is 4.82. The molecule has 90 valence electrons. The maximum atomic E-state index is 5.66. The topological polar surface area (TPSA) is 35.3 Å². The van der Waals surface area contributed by atoms with Gasteiger partial charge >= 0.3 is 0 Å². The summed E-state index contributed by atoms with van der Waals surface area (Å²) in [7, 11) is 0. The van der Waals surface area contributed by atoms with Crippen LogP contribution in [0, 0.1) is 0 Å². The van der Waals surface area contributed by atoms with E-state index in [1.54, 1.807) is 18.7 Å². The Morgan fingerprint density at radius 1 is 1.22 bits per heavy atom. The number of para-hydroxylation sites is 1. The van der Waals surface area contributed by atoms with E-state index in [9.17, 15) is 0 Å². The summed E-state index contributed by atoms with van der Waals surface area (Å²) in [6.07, 6.45) is 5.14. The second-order valence-electron chi connectivity index (χ2n) is 3.85. The van der Waals surface area contributed by atoms with Gasteiger partial charge in [0, 0.05) is 17.1 Å². The average Bonchev–Trinajstić information content (AvgIpc) is 2.82. The highest BCUT2D eigenvalue weighted by molar-refractivity contribution is 9.10. The lowest BCUT2D eigenvalue weighted by molar-refractivity contribution is 0.304. The molecule has 2 aromatic heterocycles. The van der Waals surface area contributed by atoms with E-state index in [-0.39, 0.29) is 0 Å². The third-order valence-electron chi connectivity index (χ3n) is 2.66. The molecule has 18 heavy (non-hydrogen) atoms. The number of hydrogen-bond donors (Lipinski definition) is 0. The standard InChI is InChI=1S/C14H10BrNO2/c15-13-5-1-4-12-10(9-18-14(12)13)8-17-11-3-2-6-16-7-11/h1-7,9H,8H2. The lowest BCUT2D eigenvalue weighted by Gasteiger charge is -2.03. The predicted molar refractivity (Wildman–Crippen MR) is 72.5 cm³/mol. The van der Waals surface area contributed by atoms with Gasteiger partial charge < -0.3 is 9.15 Å². The highest BCUT2D eigenvalue weighted by Crippen LogP contribution is 2.28. The zero-order valence-electron chi connectivity index (χ0n) is 9.47. The molecule has 0 fully saturated rings. The number of rotatable bonds is 3. The average molecular weight is 304 g/mol. The molecule has 0 amide bonds. The third-order valence-corrected chi connectivity index (χ3v) is 3.29. The fourth-order valence-corrected chi connectivity index (χ4v) is 2.24. The number of hydrogen-bond acceptors (Lipinski definition) is 3. The van der Waals surface area contributed by atoms with Crippen LogP contribution in [0.25, 0.3) is 11.0 Å². The quantitative estimate of drug-likeness (QED) is 0.728. The van der Waals surface area contributed by atoms with Crippen molar-refractivity contribution in [2.45, 2.75) is 6.61 Å². The van der Waals surface area contributed by atoms with Crippen LogP contribution in [0.4, 0.5) is 0 Å². The number of halogens is 1. The molecule has 2 heterocycles. The minimum atomic E-state index is 0.467. The van der Waals surface area contributed by atoms with Crippen molar-refractivity contribution in [3.63, 3.8) is 0 Å². The summed E-state index contributed by atoms with van der Waals surface area (Å²) in [5.41, 5.74) is 1.87. The molecule has 0 aliphatic carbocycles. The minimum absolute atomic E-state index is 0.467. The van der Waals surface area contributed by atoms with Gasteiger partial charge in [-0.3, -0.25) is 4.98 Å². The number of benzene rings is 1. The Bertz CT molecular complexity index is 664. The van der Waals surface area contributed by atoms with E-state index in [1.807, 2.05) is 30.3 Å². The zero-order valence-corrected chi connectivity index (χ0v) is 11.1. The molecule has 0 bridgehead atoms. The SMILES string of the molecule is Brc1cccc2c(COc3cccnc3)coc12. The van der Waals surface area contributed by atoms with Gasteiger partial charge in [0.25, 0.3) is 0 Å². The van der Waals surface area contributed by atoms with Crippen LogP contribution in [0.1, 0.15) is 5.56 Å². The Kier molecular flexibility index (Phi) is 3.02. The molecule has 0 saturated heterocycles. The Labute approximate surface area is 113 Å². The van der Waals surface area contributed by atoms with Gasteiger partial charge in [-0.1, -0.05) is 12.1 Å². The molecule has 3 nitrogen and oxygen atoms in total. The first kappa shape index (κ1) is 11.3. The van der Waals surface area contributed by atoms with Crippen LogP contribution in [-0.4, -0.2) is 4.98 Å². The van der Waals surface area contributed by atoms with Crippen molar-refractivity contribution >= 4 is 26.9 Å². The Morgan fingerprint density at radius 2 is 2.17 bits per heavy atom. The van der Waals surface area contributed by atoms with Gasteiger partial charge in [0.2, 0.25) is 0 Å². The number of furan rings is 1. The largest absolute Gasteiger partial charge is 0.487 e. The van der Waals surface area contributed by atoms with Crippen molar-refractivity contribution in [1.82, 2.24) is 4.98 Å². The lowest BCUT2D eigenvalue weighted by Crippen LogP contribution is -1.94.